The summed E-state index contributed by atoms with van der Waals surface area (Å²) in [5, 5.41) is 20.4. The first-order chi connectivity index (χ1) is 15.9. The van der Waals surface area contributed by atoms with Gasteiger partial charge in [0.15, 0.2) is 0 Å². The van der Waals surface area contributed by atoms with E-state index >= 15 is 0 Å². The van der Waals surface area contributed by atoms with Crippen LogP contribution in [0.1, 0.15) is 62.6 Å². The molecule has 0 radical (unpaired) electrons. The Balaban J connectivity index is 1.49. The Morgan fingerprint density at radius 3 is 1.91 bits per heavy atom. The Bertz CT molecular complexity index is 1050. The number of hydroxylamine groups is 2. The van der Waals surface area contributed by atoms with E-state index in [2.05, 4.69) is 12.1 Å². The highest BCUT2D eigenvalue weighted by atomic mass is 16.5. The molecule has 2 N–H and O–H groups in total. The molecular formula is C29H33NO3. The van der Waals surface area contributed by atoms with Crippen LogP contribution in [0.3, 0.4) is 0 Å². The van der Waals surface area contributed by atoms with Gasteiger partial charge in [0.25, 0.3) is 5.91 Å². The number of carbonyl (C=O) groups is 1. The summed E-state index contributed by atoms with van der Waals surface area (Å²) < 4.78 is 0. The second-order valence-corrected chi connectivity index (χ2v) is 10.4. The monoisotopic (exact) mass is 443 g/mol. The molecule has 0 atom stereocenters. The molecule has 0 heterocycles. The smallest absolute Gasteiger partial charge is 0.270 e. The van der Waals surface area contributed by atoms with Crippen molar-refractivity contribution in [3.05, 3.63) is 76.9 Å². The molecular weight excluding hydrogens is 410 g/mol. The van der Waals surface area contributed by atoms with Crippen molar-refractivity contribution in [2.24, 2.45) is 23.7 Å². The van der Waals surface area contributed by atoms with Crippen molar-refractivity contribution in [2.75, 3.05) is 0 Å². The number of nitrogens with zero attached hydrogens (tertiary/aromatic N) is 1. The molecule has 0 aliphatic heterocycles. The van der Waals surface area contributed by atoms with Gasteiger partial charge in [0.05, 0.1) is 6.04 Å². The van der Waals surface area contributed by atoms with Gasteiger partial charge in [-0.3, -0.25) is 10.0 Å². The second-order valence-electron chi connectivity index (χ2n) is 10.4. The maximum absolute atomic E-state index is 12.1. The zero-order chi connectivity index (χ0) is 23.1. The van der Waals surface area contributed by atoms with Gasteiger partial charge in [-0.25, -0.2) is 5.06 Å². The number of rotatable bonds is 5. The van der Waals surface area contributed by atoms with Crippen LogP contribution in [0.2, 0.25) is 0 Å². The highest BCUT2D eigenvalue weighted by Crippen LogP contribution is 2.58. The molecule has 2 aromatic carbocycles. The number of aromatic hydroxyl groups is 1. The first-order valence-electron chi connectivity index (χ1n) is 12.2. The molecule has 4 fully saturated rings. The first kappa shape index (κ1) is 22.0. The van der Waals surface area contributed by atoms with Crippen LogP contribution in [-0.2, 0) is 4.79 Å². The molecule has 1 amide bonds. The molecule has 0 aromatic heterocycles. The van der Waals surface area contributed by atoms with Crippen molar-refractivity contribution in [3.63, 3.8) is 0 Å². The van der Waals surface area contributed by atoms with Crippen molar-refractivity contribution in [2.45, 2.75) is 52.0 Å². The minimum absolute atomic E-state index is 0.259. The zero-order valence-corrected chi connectivity index (χ0v) is 19.4. The number of hydrogen-bond donors (Lipinski definition) is 2. The predicted octanol–water partition coefficient (Wildman–Crippen LogP) is 6.29. The molecule has 4 aliphatic carbocycles. The van der Waals surface area contributed by atoms with Gasteiger partial charge in [-0.2, -0.15) is 0 Å². The summed E-state index contributed by atoms with van der Waals surface area (Å²) in [4.78, 5) is 12.1. The summed E-state index contributed by atoms with van der Waals surface area (Å²) in [6.07, 6.45) is 9.86. The lowest BCUT2D eigenvalue weighted by molar-refractivity contribution is -0.166. The fourth-order valence-corrected chi connectivity index (χ4v) is 6.49. The minimum Gasteiger partial charge on any atom is -0.508 e. The summed E-state index contributed by atoms with van der Waals surface area (Å²) in [5.74, 6) is 3.02. The average molecular weight is 444 g/mol. The van der Waals surface area contributed by atoms with E-state index in [1.54, 1.807) is 37.6 Å². The number of amides is 1. The van der Waals surface area contributed by atoms with Crippen LogP contribution in [-0.4, -0.2) is 27.3 Å². The maximum atomic E-state index is 12.1. The van der Waals surface area contributed by atoms with Crippen molar-refractivity contribution in [1.82, 2.24) is 5.06 Å². The van der Waals surface area contributed by atoms with Crippen LogP contribution in [0.5, 0.6) is 5.75 Å². The Labute approximate surface area is 196 Å². The Morgan fingerprint density at radius 2 is 1.39 bits per heavy atom. The van der Waals surface area contributed by atoms with Crippen molar-refractivity contribution in [1.29, 1.82) is 0 Å². The number of benzene rings is 2. The van der Waals surface area contributed by atoms with Crippen LogP contribution >= 0.6 is 0 Å². The topological polar surface area (TPSA) is 60.8 Å². The van der Waals surface area contributed by atoms with E-state index in [1.807, 2.05) is 24.3 Å². The lowest BCUT2D eigenvalue weighted by Gasteiger charge is -2.52. The second kappa shape index (κ2) is 8.83. The summed E-state index contributed by atoms with van der Waals surface area (Å²) in [6, 6.07) is 15.7. The van der Waals surface area contributed by atoms with E-state index in [1.165, 1.54) is 54.9 Å². The molecule has 4 nitrogen and oxygen atoms in total. The highest BCUT2D eigenvalue weighted by molar-refractivity contribution is 5.91. The molecule has 33 heavy (non-hydrogen) atoms. The van der Waals surface area contributed by atoms with Gasteiger partial charge in [-0.15, -0.1) is 0 Å². The minimum atomic E-state index is -0.422. The van der Waals surface area contributed by atoms with Gasteiger partial charge in [0.2, 0.25) is 0 Å². The fourth-order valence-electron chi connectivity index (χ4n) is 6.49. The third kappa shape index (κ3) is 4.37. The average Bonchev–Trinajstić information content (AvgIpc) is 2.80. The largest absolute Gasteiger partial charge is 0.508 e. The molecule has 4 saturated carbocycles. The van der Waals surface area contributed by atoms with Gasteiger partial charge in [0, 0.05) is 6.08 Å². The van der Waals surface area contributed by atoms with Crippen molar-refractivity contribution >= 4 is 17.6 Å². The van der Waals surface area contributed by atoms with Crippen LogP contribution < -0.4 is 0 Å². The van der Waals surface area contributed by atoms with Gasteiger partial charge in [0.1, 0.15) is 5.75 Å². The van der Waals surface area contributed by atoms with Gasteiger partial charge < -0.3 is 5.11 Å². The normalized spacial score (nSPS) is 25.8. The molecule has 4 bridgehead atoms. The standard InChI is InChI=1S/C29H33NO3/c1-18(2)30(33)27(32)12-5-19-3-6-22(7-4-19)28(23-8-10-26(31)11-9-23)29-24-14-20-13-21(16-24)17-25(29)15-20/h3-12,18,20-21,24-25,31,33H,13-17H2,1-2H3/b12-5+,29-28?. The summed E-state index contributed by atoms with van der Waals surface area (Å²) in [7, 11) is 0. The Hall–Kier alpha value is -2.85. The lowest BCUT2D eigenvalue weighted by Crippen LogP contribution is -2.40. The number of allylic oxidation sites excluding steroid dienone is 1. The zero-order valence-electron chi connectivity index (χ0n) is 19.4. The third-order valence-corrected chi connectivity index (χ3v) is 7.80. The molecule has 0 saturated heterocycles. The predicted molar refractivity (Wildman–Crippen MR) is 130 cm³/mol. The maximum Gasteiger partial charge on any atom is 0.270 e. The first-order valence-corrected chi connectivity index (χ1v) is 12.2. The van der Waals surface area contributed by atoms with Gasteiger partial charge in [-0.1, -0.05) is 42.0 Å². The SMILES string of the molecule is CC(C)N(O)C(=O)/C=C/c1ccc(C(=C2C3CC4CC(C3)CC2C4)c2ccc(O)cc2)cc1. The number of carbonyl (C=O) groups excluding carboxylic acids is 1. The van der Waals surface area contributed by atoms with E-state index in [0.29, 0.717) is 11.8 Å². The molecule has 6 rings (SSSR count). The lowest BCUT2D eigenvalue weighted by atomic mass is 9.53. The van der Waals surface area contributed by atoms with Gasteiger partial charge in [-0.05, 0) is 110 Å². The highest BCUT2D eigenvalue weighted by Gasteiger charge is 2.46. The Kier molecular flexibility index (Phi) is 5.88. The van der Waals surface area contributed by atoms with Gasteiger partial charge >= 0.3 is 0 Å². The van der Waals surface area contributed by atoms with E-state index in [4.69, 9.17) is 0 Å². The third-order valence-electron chi connectivity index (χ3n) is 7.80. The molecule has 2 aromatic rings. The van der Waals surface area contributed by atoms with E-state index in [-0.39, 0.29) is 11.8 Å². The summed E-state index contributed by atoms with van der Waals surface area (Å²) in [5.41, 5.74) is 6.24. The van der Waals surface area contributed by atoms with Crippen LogP contribution in [0.25, 0.3) is 11.6 Å². The molecule has 0 unspecified atom stereocenters. The van der Waals surface area contributed by atoms with E-state index < -0.39 is 5.91 Å². The molecule has 0 spiro atoms. The van der Waals surface area contributed by atoms with Crippen LogP contribution in [0.15, 0.2) is 60.2 Å². The van der Waals surface area contributed by atoms with E-state index in [0.717, 1.165) is 22.5 Å². The molecule has 4 heteroatoms. The quantitative estimate of drug-likeness (QED) is 0.324. The van der Waals surface area contributed by atoms with Crippen molar-refractivity contribution < 1.29 is 15.1 Å². The summed E-state index contributed by atoms with van der Waals surface area (Å²) in [6.45, 7) is 3.53. The number of phenols is 1. The van der Waals surface area contributed by atoms with E-state index in [9.17, 15) is 15.1 Å². The molecule has 172 valence electrons. The fraction of sp³-hybridized carbons (Fsp3) is 0.414. The van der Waals surface area contributed by atoms with Crippen LogP contribution in [0.4, 0.5) is 0 Å². The summed E-state index contributed by atoms with van der Waals surface area (Å²) >= 11 is 0. The van der Waals surface area contributed by atoms with Crippen molar-refractivity contribution in [3.8, 4) is 5.75 Å². The molecule has 4 aliphatic rings. The number of hydrogen-bond acceptors (Lipinski definition) is 3. The Morgan fingerprint density at radius 1 is 0.879 bits per heavy atom. The number of phenolic OH excluding ortho intramolecular Hbond substituents is 1. The van der Waals surface area contributed by atoms with Crippen LogP contribution in [0, 0.1) is 23.7 Å².